The summed E-state index contributed by atoms with van der Waals surface area (Å²) >= 11 is 13.9. The lowest BCUT2D eigenvalue weighted by Gasteiger charge is -2.21. The van der Waals surface area contributed by atoms with Gasteiger partial charge < -0.3 is 9.88 Å². The molecule has 0 saturated carbocycles. The molecule has 1 N–H and O–H groups in total. The zero-order chi connectivity index (χ0) is 23.3. The number of hydrogen-bond donors (Lipinski definition) is 1. The van der Waals surface area contributed by atoms with Crippen LogP contribution in [0.3, 0.4) is 0 Å². The molecule has 0 aliphatic carbocycles. The molecule has 1 atom stereocenters. The number of thioether (sulfide) groups is 1. The maximum Gasteiger partial charge on any atom is 0.253 e. The summed E-state index contributed by atoms with van der Waals surface area (Å²) in [4.78, 5) is 13.0. The number of nitrogens with zero attached hydrogens (tertiary/aromatic N) is 3. The Bertz CT molecular complexity index is 1070. The Labute approximate surface area is 203 Å². The highest BCUT2D eigenvalue weighted by molar-refractivity contribution is 7.98. The average Bonchev–Trinajstić information content (AvgIpc) is 3.15. The largest absolute Gasteiger partial charge is 0.342 e. The molecule has 0 spiro atoms. The summed E-state index contributed by atoms with van der Waals surface area (Å²) in [6.45, 7) is 9.09. The zero-order valence-corrected chi connectivity index (χ0v) is 21.1. The standard InChI is InChI=1S/C24H28Cl2N4OS/c1-5-30-22(28-29-24(30)32-14-17-8-6-16(4)7-9-17)21(12-15(2)3)27-23(31)19-11-10-18(25)13-20(19)26/h6-11,13,15,21H,5,12,14H2,1-4H3,(H,27,31)/t21-/m1/s1. The smallest absolute Gasteiger partial charge is 0.253 e. The molecule has 0 aliphatic rings. The maximum absolute atomic E-state index is 13.0. The first-order chi connectivity index (χ1) is 15.3. The molecule has 0 radical (unpaired) electrons. The Balaban J connectivity index is 1.82. The molecule has 8 heteroatoms. The van der Waals surface area contributed by atoms with Crippen molar-refractivity contribution in [3.05, 3.63) is 75.0 Å². The summed E-state index contributed by atoms with van der Waals surface area (Å²) in [5.74, 6) is 1.66. The minimum atomic E-state index is -0.282. The van der Waals surface area contributed by atoms with Gasteiger partial charge in [-0.1, -0.05) is 78.6 Å². The van der Waals surface area contributed by atoms with Crippen LogP contribution < -0.4 is 5.32 Å². The summed E-state index contributed by atoms with van der Waals surface area (Å²) in [6, 6.07) is 13.1. The third-order valence-electron chi connectivity index (χ3n) is 5.05. The predicted molar refractivity (Wildman–Crippen MR) is 133 cm³/mol. The minimum absolute atomic E-state index is 0.253. The van der Waals surface area contributed by atoms with E-state index in [2.05, 4.69) is 72.0 Å². The van der Waals surface area contributed by atoms with E-state index >= 15 is 0 Å². The number of hydrogen-bond acceptors (Lipinski definition) is 4. The van der Waals surface area contributed by atoms with E-state index in [4.69, 9.17) is 23.2 Å². The number of nitrogens with one attached hydrogen (secondary N) is 1. The van der Waals surface area contributed by atoms with E-state index in [9.17, 15) is 4.79 Å². The van der Waals surface area contributed by atoms with Crippen LogP contribution in [0.25, 0.3) is 0 Å². The van der Waals surface area contributed by atoms with E-state index in [0.717, 1.165) is 23.2 Å². The van der Waals surface area contributed by atoms with Gasteiger partial charge in [-0.25, -0.2) is 0 Å². The van der Waals surface area contributed by atoms with E-state index in [0.29, 0.717) is 28.1 Å². The van der Waals surface area contributed by atoms with Crippen LogP contribution in [0.1, 0.15) is 60.5 Å². The molecule has 0 aliphatic heterocycles. The average molecular weight is 491 g/mol. The van der Waals surface area contributed by atoms with Gasteiger partial charge in [-0.05, 0) is 49.9 Å². The van der Waals surface area contributed by atoms with Gasteiger partial charge in [0.1, 0.15) is 0 Å². The van der Waals surface area contributed by atoms with Crippen molar-refractivity contribution >= 4 is 40.9 Å². The fourth-order valence-electron chi connectivity index (χ4n) is 3.40. The van der Waals surface area contributed by atoms with Crippen LogP contribution in [-0.2, 0) is 12.3 Å². The second-order valence-corrected chi connectivity index (χ2v) is 9.93. The number of carbonyl (C=O) groups excluding carboxylic acids is 1. The molecule has 3 rings (SSSR count). The fourth-order valence-corrected chi connectivity index (χ4v) is 4.86. The third kappa shape index (κ3) is 6.27. The summed E-state index contributed by atoms with van der Waals surface area (Å²) in [5.41, 5.74) is 2.87. The van der Waals surface area contributed by atoms with Gasteiger partial charge in [0, 0.05) is 17.3 Å². The van der Waals surface area contributed by atoms with Crippen LogP contribution in [0.15, 0.2) is 47.6 Å². The van der Waals surface area contributed by atoms with Crippen LogP contribution in [0, 0.1) is 12.8 Å². The number of carbonyl (C=O) groups is 1. The minimum Gasteiger partial charge on any atom is -0.342 e. The molecule has 32 heavy (non-hydrogen) atoms. The third-order valence-corrected chi connectivity index (χ3v) is 6.64. The fraction of sp³-hybridized carbons (Fsp3) is 0.375. The van der Waals surface area contributed by atoms with Gasteiger partial charge >= 0.3 is 0 Å². The van der Waals surface area contributed by atoms with Crippen LogP contribution in [0.4, 0.5) is 0 Å². The van der Waals surface area contributed by atoms with Gasteiger partial charge in [-0.2, -0.15) is 0 Å². The Morgan fingerprint density at radius 1 is 1.12 bits per heavy atom. The molecular formula is C24H28Cl2N4OS. The van der Waals surface area contributed by atoms with E-state index in [1.807, 2.05) is 0 Å². The van der Waals surface area contributed by atoms with Crippen molar-refractivity contribution in [2.75, 3.05) is 0 Å². The molecule has 3 aromatic rings. The number of halogens is 2. The van der Waals surface area contributed by atoms with Crippen molar-refractivity contribution in [1.82, 2.24) is 20.1 Å². The number of aromatic nitrogens is 3. The SMILES string of the molecule is CCn1c(SCc2ccc(C)cc2)nnc1[C@@H](CC(C)C)NC(=O)c1ccc(Cl)cc1Cl. The Morgan fingerprint density at radius 3 is 2.47 bits per heavy atom. The van der Waals surface area contributed by atoms with Crippen molar-refractivity contribution in [3.8, 4) is 0 Å². The van der Waals surface area contributed by atoms with Gasteiger partial charge in [0.05, 0.1) is 16.6 Å². The van der Waals surface area contributed by atoms with E-state index in [1.165, 1.54) is 11.1 Å². The molecule has 0 unspecified atom stereocenters. The highest BCUT2D eigenvalue weighted by atomic mass is 35.5. The molecule has 2 aromatic carbocycles. The molecule has 0 bridgehead atoms. The highest BCUT2D eigenvalue weighted by Crippen LogP contribution is 2.28. The van der Waals surface area contributed by atoms with Crippen molar-refractivity contribution in [1.29, 1.82) is 0 Å². The van der Waals surface area contributed by atoms with Crippen LogP contribution in [0.2, 0.25) is 10.0 Å². The molecule has 0 saturated heterocycles. The Hall–Kier alpha value is -2.02. The molecule has 1 heterocycles. The van der Waals surface area contributed by atoms with E-state index < -0.39 is 0 Å². The molecule has 1 amide bonds. The zero-order valence-electron chi connectivity index (χ0n) is 18.7. The van der Waals surface area contributed by atoms with Gasteiger partial charge in [-0.3, -0.25) is 4.79 Å². The van der Waals surface area contributed by atoms with E-state index in [-0.39, 0.29) is 11.9 Å². The van der Waals surface area contributed by atoms with Crippen molar-refractivity contribution in [2.24, 2.45) is 5.92 Å². The molecule has 0 fully saturated rings. The predicted octanol–water partition coefficient (Wildman–Crippen LogP) is 6.72. The number of rotatable bonds is 9. The molecular weight excluding hydrogens is 463 g/mol. The first-order valence-electron chi connectivity index (χ1n) is 10.7. The van der Waals surface area contributed by atoms with Crippen molar-refractivity contribution in [3.63, 3.8) is 0 Å². The normalized spacial score (nSPS) is 12.2. The van der Waals surface area contributed by atoms with E-state index in [1.54, 1.807) is 30.0 Å². The molecule has 1 aromatic heterocycles. The van der Waals surface area contributed by atoms with Crippen molar-refractivity contribution < 1.29 is 4.79 Å². The Kier molecular flexibility index (Phi) is 8.63. The number of aryl methyl sites for hydroxylation is 1. The second-order valence-electron chi connectivity index (χ2n) is 8.14. The van der Waals surface area contributed by atoms with Gasteiger partial charge in [0.2, 0.25) is 0 Å². The summed E-state index contributed by atoms with van der Waals surface area (Å²) in [7, 11) is 0. The summed E-state index contributed by atoms with van der Waals surface area (Å²) in [6.07, 6.45) is 0.734. The highest BCUT2D eigenvalue weighted by Gasteiger charge is 2.25. The van der Waals surface area contributed by atoms with Gasteiger partial charge in [-0.15, -0.1) is 10.2 Å². The van der Waals surface area contributed by atoms with Crippen molar-refractivity contribution in [2.45, 2.75) is 57.6 Å². The number of benzene rings is 2. The first-order valence-corrected chi connectivity index (χ1v) is 12.4. The summed E-state index contributed by atoms with van der Waals surface area (Å²) < 4.78 is 2.08. The number of amides is 1. The lowest BCUT2D eigenvalue weighted by molar-refractivity contribution is 0.0929. The van der Waals surface area contributed by atoms with Gasteiger partial charge in [0.25, 0.3) is 5.91 Å². The van der Waals surface area contributed by atoms with Gasteiger partial charge in [0.15, 0.2) is 11.0 Å². The first kappa shape index (κ1) is 24.6. The lowest BCUT2D eigenvalue weighted by Crippen LogP contribution is -2.31. The molecule has 170 valence electrons. The monoisotopic (exact) mass is 490 g/mol. The molecule has 5 nitrogen and oxygen atoms in total. The van der Waals surface area contributed by atoms with Crippen LogP contribution in [0.5, 0.6) is 0 Å². The van der Waals surface area contributed by atoms with Crippen LogP contribution in [-0.4, -0.2) is 20.7 Å². The topological polar surface area (TPSA) is 59.8 Å². The maximum atomic E-state index is 13.0. The van der Waals surface area contributed by atoms with Crippen LogP contribution >= 0.6 is 35.0 Å². The summed E-state index contributed by atoms with van der Waals surface area (Å²) in [5, 5.41) is 13.7. The Morgan fingerprint density at radius 2 is 1.84 bits per heavy atom. The quantitative estimate of drug-likeness (QED) is 0.338. The second kappa shape index (κ2) is 11.2. The lowest BCUT2D eigenvalue weighted by atomic mass is 10.0.